The molecule has 3 aromatic heterocycles. The number of aryl methyl sites for hydroxylation is 1. The number of hydrogen-bond acceptors (Lipinski definition) is 7. The Morgan fingerprint density at radius 3 is 2.52 bits per heavy atom. The van der Waals surface area contributed by atoms with Crippen LogP contribution >= 0.6 is 0 Å². The number of alkyl halides is 3. The van der Waals surface area contributed by atoms with Crippen molar-refractivity contribution in [3.63, 3.8) is 0 Å². The predicted molar refractivity (Wildman–Crippen MR) is 84.1 cm³/mol. The second-order valence-electron chi connectivity index (χ2n) is 5.21. The molecule has 0 saturated carbocycles. The highest BCUT2D eigenvalue weighted by atomic mass is 19.4. The number of fused-ring (bicyclic) bond motifs is 1. The van der Waals surface area contributed by atoms with Gasteiger partial charge in [-0.3, -0.25) is 0 Å². The van der Waals surface area contributed by atoms with Crippen LogP contribution in [-0.2, 0) is 6.18 Å². The lowest BCUT2D eigenvalue weighted by Gasteiger charge is -2.09. The lowest BCUT2D eigenvalue weighted by Crippen LogP contribution is -2.13. The Kier molecular flexibility index (Phi) is 4.63. The Morgan fingerprint density at radius 1 is 1.08 bits per heavy atom. The molecule has 2 N–H and O–H groups in total. The van der Waals surface area contributed by atoms with Crippen molar-refractivity contribution in [2.45, 2.75) is 19.5 Å². The predicted octanol–water partition coefficient (Wildman–Crippen LogP) is 2.16. The summed E-state index contributed by atoms with van der Waals surface area (Å²) in [6.07, 6.45) is -0.652. The second-order valence-corrected chi connectivity index (χ2v) is 5.21. The van der Waals surface area contributed by atoms with E-state index in [9.17, 15) is 13.2 Å². The largest absolute Gasteiger partial charge is 0.453 e. The number of nitrogens with zero attached hydrogens (tertiary/aromatic N) is 6. The van der Waals surface area contributed by atoms with E-state index < -0.39 is 12.0 Å². The van der Waals surface area contributed by atoms with E-state index in [0.29, 0.717) is 37.0 Å². The molecule has 3 rings (SSSR count). The van der Waals surface area contributed by atoms with Crippen LogP contribution in [0.2, 0.25) is 0 Å². The molecule has 0 radical (unpaired) electrons. The van der Waals surface area contributed by atoms with Crippen LogP contribution in [0.5, 0.6) is 0 Å². The van der Waals surface area contributed by atoms with Crippen molar-refractivity contribution in [3.05, 3.63) is 36.0 Å². The molecular formula is C14H15F3N8. The van der Waals surface area contributed by atoms with Crippen molar-refractivity contribution < 1.29 is 13.2 Å². The first-order valence-electron chi connectivity index (χ1n) is 7.50. The minimum Gasteiger partial charge on any atom is -0.370 e. The van der Waals surface area contributed by atoms with Crippen molar-refractivity contribution in [2.75, 3.05) is 23.7 Å². The molecule has 0 spiro atoms. The normalized spacial score (nSPS) is 11.7. The first kappa shape index (κ1) is 16.9. The van der Waals surface area contributed by atoms with E-state index in [-0.39, 0.29) is 5.78 Å². The number of anilines is 2. The van der Waals surface area contributed by atoms with Gasteiger partial charge in [0.2, 0.25) is 5.95 Å². The average Bonchev–Trinajstić information content (AvgIpc) is 2.99. The van der Waals surface area contributed by atoms with Gasteiger partial charge >= 0.3 is 6.18 Å². The van der Waals surface area contributed by atoms with Crippen LogP contribution in [0.3, 0.4) is 0 Å². The highest BCUT2D eigenvalue weighted by Gasteiger charge is 2.36. The molecule has 0 amide bonds. The summed E-state index contributed by atoms with van der Waals surface area (Å²) in [6, 6.07) is 3.34. The maximum absolute atomic E-state index is 12.8. The smallest absolute Gasteiger partial charge is 0.370 e. The van der Waals surface area contributed by atoms with Crippen LogP contribution in [0, 0.1) is 6.92 Å². The van der Waals surface area contributed by atoms with Crippen LogP contribution in [0.25, 0.3) is 5.78 Å². The molecule has 0 aliphatic rings. The van der Waals surface area contributed by atoms with E-state index in [4.69, 9.17) is 0 Å². The Balaban J connectivity index is 1.63. The van der Waals surface area contributed by atoms with Gasteiger partial charge in [-0.05, 0) is 19.4 Å². The van der Waals surface area contributed by atoms with Gasteiger partial charge in [0, 0.05) is 37.2 Å². The molecule has 3 aromatic rings. The van der Waals surface area contributed by atoms with Crippen LogP contribution in [0.4, 0.5) is 24.9 Å². The van der Waals surface area contributed by atoms with Crippen molar-refractivity contribution in [3.8, 4) is 0 Å². The molecule has 0 atom stereocenters. The third-order valence-corrected chi connectivity index (χ3v) is 3.20. The van der Waals surface area contributed by atoms with Crippen molar-refractivity contribution in [1.82, 2.24) is 29.5 Å². The van der Waals surface area contributed by atoms with Gasteiger partial charge in [-0.15, -0.1) is 5.10 Å². The molecule has 0 unspecified atom stereocenters. The van der Waals surface area contributed by atoms with Crippen molar-refractivity contribution in [2.24, 2.45) is 0 Å². The Hall–Kier alpha value is -2.98. The van der Waals surface area contributed by atoms with Crippen LogP contribution in [-0.4, -0.2) is 42.6 Å². The monoisotopic (exact) mass is 352 g/mol. The zero-order chi connectivity index (χ0) is 17.9. The number of nitrogens with one attached hydrogen (secondary N) is 2. The topological polar surface area (TPSA) is 92.9 Å². The van der Waals surface area contributed by atoms with Crippen molar-refractivity contribution in [1.29, 1.82) is 0 Å². The lowest BCUT2D eigenvalue weighted by molar-refractivity contribution is -0.144. The van der Waals surface area contributed by atoms with Gasteiger partial charge in [0.1, 0.15) is 5.82 Å². The summed E-state index contributed by atoms with van der Waals surface area (Å²) in [5, 5.41) is 9.59. The third-order valence-electron chi connectivity index (χ3n) is 3.20. The highest BCUT2D eigenvalue weighted by molar-refractivity contribution is 5.45. The molecule has 0 aromatic carbocycles. The summed E-state index contributed by atoms with van der Waals surface area (Å²) in [4.78, 5) is 15.5. The standard InChI is InChI=1S/C14H15F3N8/c1-9-8-10(18-4-2-5-19-12-20-6-3-7-21-12)25-13(22-9)23-11(24-25)14(15,16)17/h3,6-8,18H,2,4-5H2,1H3,(H,19,20,21). The third kappa shape index (κ3) is 4.11. The van der Waals surface area contributed by atoms with Crippen molar-refractivity contribution >= 4 is 17.5 Å². The number of rotatable bonds is 6. The molecule has 0 aliphatic carbocycles. The fraction of sp³-hybridized carbons (Fsp3) is 0.357. The fourth-order valence-corrected chi connectivity index (χ4v) is 2.13. The number of hydrogen-bond donors (Lipinski definition) is 2. The molecule has 11 heteroatoms. The van der Waals surface area contributed by atoms with Gasteiger partial charge in [0.15, 0.2) is 0 Å². The van der Waals surface area contributed by atoms with E-state index in [1.54, 1.807) is 31.5 Å². The van der Waals surface area contributed by atoms with Gasteiger partial charge in [-0.2, -0.15) is 22.7 Å². The van der Waals surface area contributed by atoms with E-state index >= 15 is 0 Å². The molecule has 25 heavy (non-hydrogen) atoms. The quantitative estimate of drug-likeness (QED) is 0.657. The second kappa shape index (κ2) is 6.87. The SMILES string of the molecule is Cc1cc(NCCCNc2ncccn2)n2nc(C(F)(F)F)nc2n1. The fourth-order valence-electron chi connectivity index (χ4n) is 2.13. The number of aromatic nitrogens is 6. The minimum absolute atomic E-state index is 0.0920. The number of halogens is 3. The zero-order valence-electron chi connectivity index (χ0n) is 13.2. The van der Waals surface area contributed by atoms with E-state index in [0.717, 1.165) is 4.52 Å². The summed E-state index contributed by atoms with van der Waals surface area (Å²) in [5.41, 5.74) is 0.548. The van der Waals surface area contributed by atoms with Gasteiger partial charge in [0.05, 0.1) is 0 Å². The molecule has 0 saturated heterocycles. The molecule has 8 nitrogen and oxygen atoms in total. The van der Waals surface area contributed by atoms with Crippen LogP contribution in [0.15, 0.2) is 24.5 Å². The van der Waals surface area contributed by atoms with Crippen LogP contribution < -0.4 is 10.6 Å². The maximum Gasteiger partial charge on any atom is 0.453 e. The minimum atomic E-state index is -4.61. The summed E-state index contributed by atoms with van der Waals surface area (Å²) in [5.74, 6) is -0.376. The summed E-state index contributed by atoms with van der Waals surface area (Å²) in [6.45, 7) is 2.80. The van der Waals surface area contributed by atoms with Crippen LogP contribution in [0.1, 0.15) is 17.9 Å². The van der Waals surface area contributed by atoms with E-state index in [1.807, 2.05) is 0 Å². The zero-order valence-corrected chi connectivity index (χ0v) is 13.2. The molecular weight excluding hydrogens is 337 g/mol. The summed E-state index contributed by atoms with van der Waals surface area (Å²) < 4.78 is 39.4. The lowest BCUT2D eigenvalue weighted by atomic mass is 10.4. The Labute approximate surface area is 140 Å². The Morgan fingerprint density at radius 2 is 1.80 bits per heavy atom. The van der Waals surface area contributed by atoms with Gasteiger partial charge < -0.3 is 10.6 Å². The first-order valence-corrected chi connectivity index (χ1v) is 7.50. The van der Waals surface area contributed by atoms with Gasteiger partial charge in [-0.25, -0.2) is 15.0 Å². The first-order chi connectivity index (χ1) is 11.9. The van der Waals surface area contributed by atoms with Gasteiger partial charge in [0.25, 0.3) is 11.6 Å². The molecule has 0 aliphatic heterocycles. The summed E-state index contributed by atoms with van der Waals surface area (Å²) >= 11 is 0. The molecule has 132 valence electrons. The van der Waals surface area contributed by atoms with Gasteiger partial charge in [-0.1, -0.05) is 0 Å². The maximum atomic E-state index is 12.8. The molecule has 3 heterocycles. The highest BCUT2D eigenvalue weighted by Crippen LogP contribution is 2.27. The average molecular weight is 352 g/mol. The Bertz CT molecular complexity index is 846. The van der Waals surface area contributed by atoms with E-state index in [1.165, 1.54) is 0 Å². The summed E-state index contributed by atoms with van der Waals surface area (Å²) in [7, 11) is 0. The molecule has 0 bridgehead atoms. The van der Waals surface area contributed by atoms with E-state index in [2.05, 4.69) is 35.7 Å². The molecule has 0 fully saturated rings.